The van der Waals surface area contributed by atoms with Crippen molar-refractivity contribution in [1.29, 1.82) is 0 Å². The predicted molar refractivity (Wildman–Crippen MR) is 80.3 cm³/mol. The molecular formula is C17H22N2O. The summed E-state index contributed by atoms with van der Waals surface area (Å²) in [6, 6.07) is 15.3. The molecule has 0 spiro atoms. The molecule has 20 heavy (non-hydrogen) atoms. The van der Waals surface area contributed by atoms with Crippen molar-refractivity contribution in [1.82, 2.24) is 4.90 Å². The van der Waals surface area contributed by atoms with Gasteiger partial charge in [-0.1, -0.05) is 30.3 Å². The molecule has 0 radical (unpaired) electrons. The van der Waals surface area contributed by atoms with Gasteiger partial charge >= 0.3 is 0 Å². The maximum Gasteiger partial charge on any atom is 0.125 e. The van der Waals surface area contributed by atoms with Crippen LogP contribution >= 0.6 is 0 Å². The summed E-state index contributed by atoms with van der Waals surface area (Å²) in [5.74, 6) is 1.60. The van der Waals surface area contributed by atoms with Gasteiger partial charge in [0.15, 0.2) is 0 Å². The molecule has 1 saturated heterocycles. The maximum atomic E-state index is 5.87. The van der Waals surface area contributed by atoms with Crippen LogP contribution in [0.4, 0.5) is 0 Å². The molecule has 3 unspecified atom stereocenters. The number of benzene rings is 1. The van der Waals surface area contributed by atoms with Crippen molar-refractivity contribution in [3.05, 3.63) is 60.1 Å². The van der Waals surface area contributed by atoms with Crippen LogP contribution in [0.3, 0.4) is 0 Å². The van der Waals surface area contributed by atoms with Gasteiger partial charge in [-0.25, -0.2) is 0 Å². The highest BCUT2D eigenvalue weighted by atomic mass is 16.3. The highest BCUT2D eigenvalue weighted by Crippen LogP contribution is 2.36. The molecule has 3 heteroatoms. The Morgan fingerprint density at radius 2 is 2.05 bits per heavy atom. The highest BCUT2D eigenvalue weighted by Gasteiger charge is 2.35. The molecule has 1 fully saturated rings. The van der Waals surface area contributed by atoms with Crippen molar-refractivity contribution >= 4 is 0 Å². The van der Waals surface area contributed by atoms with Gasteiger partial charge in [-0.3, -0.25) is 4.90 Å². The molecule has 0 saturated carbocycles. The summed E-state index contributed by atoms with van der Waals surface area (Å²) in [5, 5.41) is 0. The van der Waals surface area contributed by atoms with Crippen LogP contribution in [0.2, 0.25) is 0 Å². The van der Waals surface area contributed by atoms with Gasteiger partial charge < -0.3 is 10.2 Å². The lowest BCUT2D eigenvalue weighted by Crippen LogP contribution is -2.33. The third-order valence-corrected chi connectivity index (χ3v) is 4.30. The summed E-state index contributed by atoms with van der Waals surface area (Å²) in [6.45, 7) is 4.09. The second-order valence-corrected chi connectivity index (χ2v) is 5.71. The minimum atomic E-state index is 0.192. The van der Waals surface area contributed by atoms with Crippen LogP contribution < -0.4 is 5.73 Å². The van der Waals surface area contributed by atoms with E-state index in [0.29, 0.717) is 12.0 Å². The number of hydrogen-bond donors (Lipinski definition) is 1. The minimum Gasteiger partial charge on any atom is -0.467 e. The Morgan fingerprint density at radius 3 is 2.65 bits per heavy atom. The zero-order chi connectivity index (χ0) is 13.9. The first-order valence-electron chi connectivity index (χ1n) is 7.33. The van der Waals surface area contributed by atoms with E-state index >= 15 is 0 Å². The van der Waals surface area contributed by atoms with Gasteiger partial charge in [0.2, 0.25) is 0 Å². The average molecular weight is 270 g/mol. The van der Waals surface area contributed by atoms with Crippen LogP contribution in [0, 0.1) is 5.92 Å². The molecule has 3 atom stereocenters. The Kier molecular flexibility index (Phi) is 3.90. The number of nitrogens with zero attached hydrogens (tertiary/aromatic N) is 1. The highest BCUT2D eigenvalue weighted by molar-refractivity contribution is 5.27. The lowest BCUT2D eigenvalue weighted by atomic mass is 10.0. The molecule has 3 rings (SSSR count). The monoisotopic (exact) mass is 270 g/mol. The third-order valence-electron chi connectivity index (χ3n) is 4.30. The van der Waals surface area contributed by atoms with Crippen molar-refractivity contribution in [2.45, 2.75) is 25.4 Å². The SMILES string of the molecule is CC1CC(CN)CN1C(c1ccccc1)c1ccco1. The van der Waals surface area contributed by atoms with E-state index in [9.17, 15) is 0 Å². The van der Waals surface area contributed by atoms with E-state index < -0.39 is 0 Å². The van der Waals surface area contributed by atoms with Crippen molar-refractivity contribution < 1.29 is 4.42 Å². The fourth-order valence-electron chi connectivity index (χ4n) is 3.30. The van der Waals surface area contributed by atoms with Crippen molar-refractivity contribution in [2.75, 3.05) is 13.1 Å². The molecular weight excluding hydrogens is 248 g/mol. The van der Waals surface area contributed by atoms with E-state index in [2.05, 4.69) is 48.2 Å². The Bertz CT molecular complexity index is 523. The number of hydrogen-bond acceptors (Lipinski definition) is 3. The largest absolute Gasteiger partial charge is 0.467 e. The van der Waals surface area contributed by atoms with Crippen LogP contribution in [-0.4, -0.2) is 24.0 Å². The van der Waals surface area contributed by atoms with Crippen molar-refractivity contribution in [3.8, 4) is 0 Å². The molecule has 1 aromatic heterocycles. The number of likely N-dealkylation sites (tertiary alicyclic amines) is 1. The van der Waals surface area contributed by atoms with E-state index in [1.807, 2.05) is 6.07 Å². The molecule has 3 nitrogen and oxygen atoms in total. The summed E-state index contributed by atoms with van der Waals surface area (Å²) < 4.78 is 5.71. The summed E-state index contributed by atoms with van der Waals surface area (Å²) in [4.78, 5) is 2.52. The first kappa shape index (κ1) is 13.4. The molecule has 2 N–H and O–H groups in total. The fraction of sp³-hybridized carbons (Fsp3) is 0.412. The second kappa shape index (κ2) is 5.81. The van der Waals surface area contributed by atoms with Crippen LogP contribution in [-0.2, 0) is 0 Å². The Labute approximate surface area is 120 Å². The molecule has 2 heterocycles. The van der Waals surface area contributed by atoms with Crippen LogP contribution in [0.25, 0.3) is 0 Å². The average Bonchev–Trinajstić information content (AvgIpc) is 3.11. The van der Waals surface area contributed by atoms with Gasteiger partial charge in [0.25, 0.3) is 0 Å². The van der Waals surface area contributed by atoms with Gasteiger partial charge in [0, 0.05) is 12.6 Å². The molecule has 0 bridgehead atoms. The van der Waals surface area contributed by atoms with E-state index in [0.717, 1.165) is 18.8 Å². The summed E-state index contributed by atoms with van der Waals surface area (Å²) in [5.41, 5.74) is 7.15. The first-order valence-corrected chi connectivity index (χ1v) is 7.33. The summed E-state index contributed by atoms with van der Waals surface area (Å²) in [7, 11) is 0. The summed E-state index contributed by atoms with van der Waals surface area (Å²) >= 11 is 0. The van der Waals surface area contributed by atoms with E-state index in [1.54, 1.807) is 6.26 Å². The topological polar surface area (TPSA) is 42.4 Å². The fourth-order valence-corrected chi connectivity index (χ4v) is 3.30. The quantitative estimate of drug-likeness (QED) is 0.928. The smallest absolute Gasteiger partial charge is 0.125 e. The second-order valence-electron chi connectivity index (χ2n) is 5.71. The van der Waals surface area contributed by atoms with Gasteiger partial charge in [0.1, 0.15) is 5.76 Å². The van der Waals surface area contributed by atoms with Crippen molar-refractivity contribution in [2.24, 2.45) is 11.7 Å². The van der Waals surface area contributed by atoms with Gasteiger partial charge in [-0.05, 0) is 43.5 Å². The van der Waals surface area contributed by atoms with E-state index in [1.165, 1.54) is 12.0 Å². The summed E-state index contributed by atoms with van der Waals surface area (Å²) in [6.07, 6.45) is 2.92. The van der Waals surface area contributed by atoms with Crippen LogP contribution in [0.5, 0.6) is 0 Å². The van der Waals surface area contributed by atoms with Gasteiger partial charge in [-0.15, -0.1) is 0 Å². The molecule has 2 aromatic rings. The lowest BCUT2D eigenvalue weighted by molar-refractivity contribution is 0.193. The zero-order valence-corrected chi connectivity index (χ0v) is 11.9. The maximum absolute atomic E-state index is 5.87. The Hall–Kier alpha value is -1.58. The molecule has 1 aromatic carbocycles. The first-order chi connectivity index (χ1) is 9.79. The zero-order valence-electron chi connectivity index (χ0n) is 11.9. The van der Waals surface area contributed by atoms with Gasteiger partial charge in [0.05, 0.1) is 12.3 Å². The van der Waals surface area contributed by atoms with Crippen LogP contribution in [0.15, 0.2) is 53.1 Å². The predicted octanol–water partition coefficient (Wildman–Crippen LogP) is 3.04. The van der Waals surface area contributed by atoms with Crippen LogP contribution in [0.1, 0.15) is 30.7 Å². The molecule has 1 aliphatic heterocycles. The Morgan fingerprint density at radius 1 is 1.25 bits per heavy atom. The molecule has 106 valence electrons. The number of rotatable bonds is 4. The normalized spacial score (nSPS) is 24.9. The van der Waals surface area contributed by atoms with E-state index in [-0.39, 0.29) is 6.04 Å². The minimum absolute atomic E-state index is 0.192. The molecule has 0 aliphatic carbocycles. The van der Waals surface area contributed by atoms with E-state index in [4.69, 9.17) is 10.2 Å². The number of nitrogens with two attached hydrogens (primary N) is 1. The standard InChI is InChI=1S/C17H22N2O/c1-13-10-14(11-18)12-19(13)17(16-8-5-9-20-16)15-6-3-2-4-7-15/h2-9,13-14,17H,10-12,18H2,1H3. The lowest BCUT2D eigenvalue weighted by Gasteiger charge is -2.30. The molecule has 1 aliphatic rings. The third kappa shape index (κ3) is 2.51. The van der Waals surface area contributed by atoms with Gasteiger partial charge in [-0.2, -0.15) is 0 Å². The number of furan rings is 1. The Balaban J connectivity index is 1.95. The van der Waals surface area contributed by atoms with Crippen molar-refractivity contribution in [3.63, 3.8) is 0 Å². The molecule has 0 amide bonds.